The molecule has 0 radical (unpaired) electrons. The Bertz CT molecular complexity index is 1320. The van der Waals surface area contributed by atoms with Crippen molar-refractivity contribution in [3.8, 4) is 17.0 Å². The molecular formula is C31H37N3O4S. The van der Waals surface area contributed by atoms with Crippen molar-refractivity contribution in [2.45, 2.75) is 39.8 Å². The zero-order valence-corrected chi connectivity index (χ0v) is 23.6. The third-order valence-corrected chi connectivity index (χ3v) is 9.56. The number of piperidine rings is 1. The molecule has 2 aliphatic heterocycles. The van der Waals surface area contributed by atoms with Crippen LogP contribution in [-0.2, 0) is 22.7 Å². The van der Waals surface area contributed by atoms with Crippen LogP contribution in [0.3, 0.4) is 0 Å². The highest BCUT2D eigenvalue weighted by Gasteiger charge is 2.46. The van der Waals surface area contributed by atoms with E-state index in [0.29, 0.717) is 6.61 Å². The topological polar surface area (TPSA) is 75.1 Å². The van der Waals surface area contributed by atoms with E-state index in [1.54, 1.807) is 11.3 Å². The number of aryl methyl sites for hydroxylation is 2. The lowest BCUT2D eigenvalue weighted by atomic mass is 9.85. The second kappa shape index (κ2) is 11.3. The highest BCUT2D eigenvalue weighted by atomic mass is 32.1. The first-order valence-electron chi connectivity index (χ1n) is 14.0. The standard InChI is InChI=1S/C31H37N3O4S/c1-20-4-3-5-26(27-19-39-31(32-27)34-16-23-8-9-24(17-34)28(23)30(35)36)29(20)38-18-25-7-6-22(14-21(25)2)15-33-10-12-37-13-11-33/h3-7,14,19,23-24,28H,8-13,15-18H2,1-2H3,(H,35,36)/t23-,24?,28+/m0/s1. The normalized spacial score (nSPS) is 23.2. The summed E-state index contributed by atoms with van der Waals surface area (Å²) in [5.41, 5.74) is 6.76. The fourth-order valence-electron chi connectivity index (χ4n) is 6.55. The zero-order valence-electron chi connectivity index (χ0n) is 22.8. The van der Waals surface area contributed by atoms with Gasteiger partial charge in [0.2, 0.25) is 0 Å². The molecule has 1 aromatic heterocycles. The summed E-state index contributed by atoms with van der Waals surface area (Å²) in [6.07, 6.45) is 2.00. The van der Waals surface area contributed by atoms with Crippen molar-refractivity contribution in [3.63, 3.8) is 0 Å². The molecule has 6 rings (SSSR count). The van der Waals surface area contributed by atoms with Gasteiger partial charge in [0.1, 0.15) is 12.4 Å². The largest absolute Gasteiger partial charge is 0.488 e. The minimum atomic E-state index is -0.634. The molecular weight excluding hydrogens is 510 g/mol. The van der Waals surface area contributed by atoms with E-state index in [-0.39, 0.29) is 17.8 Å². The number of aromatic nitrogens is 1. The first-order chi connectivity index (χ1) is 19.0. The summed E-state index contributed by atoms with van der Waals surface area (Å²) in [5, 5.41) is 12.7. The van der Waals surface area contributed by atoms with Gasteiger partial charge in [0.15, 0.2) is 5.13 Å². The number of carbonyl (C=O) groups is 1. The number of anilines is 1. The van der Waals surface area contributed by atoms with Gasteiger partial charge in [0.05, 0.1) is 24.8 Å². The molecule has 2 bridgehead atoms. The predicted octanol–water partition coefficient (Wildman–Crippen LogP) is 5.39. The molecule has 39 heavy (non-hydrogen) atoms. The second-order valence-electron chi connectivity index (χ2n) is 11.3. The maximum Gasteiger partial charge on any atom is 0.307 e. The van der Waals surface area contributed by atoms with Crippen LogP contribution >= 0.6 is 11.3 Å². The van der Waals surface area contributed by atoms with Crippen molar-refractivity contribution < 1.29 is 19.4 Å². The van der Waals surface area contributed by atoms with Gasteiger partial charge in [-0.05, 0) is 66.8 Å². The second-order valence-corrected chi connectivity index (χ2v) is 12.1. The SMILES string of the molecule is Cc1cc(CN2CCOCC2)ccc1COc1c(C)cccc1-c1csc(N2CC3CC[C@@H](C2)[C@H]3C(=O)O)n1. The maximum atomic E-state index is 11.7. The Labute approximate surface area is 234 Å². The molecule has 0 amide bonds. The van der Waals surface area contributed by atoms with Crippen LogP contribution in [-0.4, -0.2) is 60.4 Å². The third kappa shape index (κ3) is 5.55. The fourth-order valence-corrected chi connectivity index (χ4v) is 7.39. The Morgan fingerprint density at radius 1 is 1.10 bits per heavy atom. The summed E-state index contributed by atoms with van der Waals surface area (Å²) in [6.45, 7) is 10.9. The highest BCUT2D eigenvalue weighted by molar-refractivity contribution is 7.14. The first-order valence-corrected chi connectivity index (χ1v) is 14.9. The average molecular weight is 548 g/mol. The Hall–Kier alpha value is -2.94. The highest BCUT2D eigenvalue weighted by Crippen LogP contribution is 2.44. The van der Waals surface area contributed by atoms with Crippen molar-refractivity contribution in [1.29, 1.82) is 0 Å². The van der Waals surface area contributed by atoms with E-state index in [9.17, 15) is 9.90 Å². The Balaban J connectivity index is 1.15. The van der Waals surface area contributed by atoms with E-state index in [0.717, 1.165) is 86.5 Å². The fraction of sp³-hybridized carbons (Fsp3) is 0.484. The Morgan fingerprint density at radius 3 is 2.59 bits per heavy atom. The van der Waals surface area contributed by atoms with Gasteiger partial charge in [-0.25, -0.2) is 4.98 Å². The third-order valence-electron chi connectivity index (χ3n) is 8.66. The number of hydrogen-bond acceptors (Lipinski definition) is 7. The van der Waals surface area contributed by atoms with E-state index in [2.05, 4.69) is 65.4 Å². The van der Waals surface area contributed by atoms with Gasteiger partial charge in [-0.15, -0.1) is 11.3 Å². The number of aliphatic carboxylic acids is 1. The van der Waals surface area contributed by atoms with Crippen LogP contribution in [0.15, 0.2) is 41.8 Å². The number of benzene rings is 2. The number of rotatable bonds is 8. The van der Waals surface area contributed by atoms with Crippen molar-refractivity contribution in [3.05, 3.63) is 64.0 Å². The Morgan fingerprint density at radius 2 is 1.87 bits per heavy atom. The van der Waals surface area contributed by atoms with Gasteiger partial charge in [-0.2, -0.15) is 0 Å². The van der Waals surface area contributed by atoms with Gasteiger partial charge >= 0.3 is 5.97 Å². The summed E-state index contributed by atoms with van der Waals surface area (Å²) >= 11 is 1.64. The predicted molar refractivity (Wildman–Crippen MR) is 153 cm³/mol. The number of hydrogen-bond donors (Lipinski definition) is 1. The molecule has 3 aliphatic rings. The quantitative estimate of drug-likeness (QED) is 0.406. The molecule has 8 heteroatoms. The van der Waals surface area contributed by atoms with Gasteiger partial charge in [-0.3, -0.25) is 9.69 Å². The van der Waals surface area contributed by atoms with E-state index >= 15 is 0 Å². The van der Waals surface area contributed by atoms with E-state index in [4.69, 9.17) is 14.5 Å². The first kappa shape index (κ1) is 26.3. The molecule has 206 valence electrons. The summed E-state index contributed by atoms with van der Waals surface area (Å²) in [5.74, 6) is 0.473. The number of carboxylic acids is 1. The van der Waals surface area contributed by atoms with Crippen LogP contribution < -0.4 is 9.64 Å². The molecule has 2 saturated heterocycles. The number of fused-ring (bicyclic) bond motifs is 2. The maximum absolute atomic E-state index is 11.7. The lowest BCUT2D eigenvalue weighted by Gasteiger charge is -2.35. The molecule has 1 saturated carbocycles. The number of nitrogens with zero attached hydrogens (tertiary/aromatic N) is 3. The molecule has 3 atom stereocenters. The summed E-state index contributed by atoms with van der Waals surface area (Å²) in [7, 11) is 0. The number of para-hydroxylation sites is 1. The minimum Gasteiger partial charge on any atom is -0.488 e. The smallest absolute Gasteiger partial charge is 0.307 e. The minimum absolute atomic E-state index is 0.200. The van der Waals surface area contributed by atoms with Gasteiger partial charge in [-0.1, -0.05) is 30.3 Å². The molecule has 1 unspecified atom stereocenters. The molecule has 0 spiro atoms. The van der Waals surface area contributed by atoms with E-state index in [1.807, 2.05) is 0 Å². The van der Waals surface area contributed by atoms with E-state index < -0.39 is 5.97 Å². The summed E-state index contributed by atoms with van der Waals surface area (Å²) in [6, 6.07) is 12.9. The van der Waals surface area contributed by atoms with Crippen molar-refractivity contribution in [2.75, 3.05) is 44.3 Å². The molecule has 7 nitrogen and oxygen atoms in total. The van der Waals surface area contributed by atoms with Crippen LogP contribution in [0.2, 0.25) is 0 Å². The van der Waals surface area contributed by atoms with Crippen molar-refractivity contribution in [2.24, 2.45) is 17.8 Å². The van der Waals surface area contributed by atoms with Crippen LogP contribution in [0.5, 0.6) is 5.75 Å². The van der Waals surface area contributed by atoms with Gasteiger partial charge < -0.3 is 19.5 Å². The summed E-state index contributed by atoms with van der Waals surface area (Å²) in [4.78, 5) is 21.5. The van der Waals surface area contributed by atoms with Crippen molar-refractivity contribution >= 4 is 22.4 Å². The number of carboxylic acid groups (broad SMARTS) is 1. The van der Waals surface area contributed by atoms with Crippen LogP contribution in [0, 0.1) is 31.6 Å². The molecule has 3 aromatic rings. The molecule has 3 heterocycles. The molecule has 1 aliphatic carbocycles. The number of morpholine rings is 1. The number of thiazole rings is 1. The van der Waals surface area contributed by atoms with Crippen LogP contribution in [0.25, 0.3) is 11.3 Å². The Kier molecular flexibility index (Phi) is 7.60. The number of ether oxygens (including phenoxy) is 2. The monoisotopic (exact) mass is 547 g/mol. The van der Waals surface area contributed by atoms with Crippen LogP contribution in [0.4, 0.5) is 5.13 Å². The zero-order chi connectivity index (χ0) is 26.9. The van der Waals surface area contributed by atoms with Gasteiger partial charge in [0, 0.05) is 43.7 Å². The van der Waals surface area contributed by atoms with Gasteiger partial charge in [0.25, 0.3) is 0 Å². The average Bonchev–Trinajstić information content (AvgIpc) is 3.52. The van der Waals surface area contributed by atoms with E-state index in [1.165, 1.54) is 16.7 Å². The summed E-state index contributed by atoms with van der Waals surface area (Å²) < 4.78 is 12.0. The van der Waals surface area contributed by atoms with Crippen molar-refractivity contribution in [1.82, 2.24) is 9.88 Å². The molecule has 2 aromatic carbocycles. The molecule has 1 N–H and O–H groups in total. The lowest BCUT2D eigenvalue weighted by molar-refractivity contribution is -0.144. The van der Waals surface area contributed by atoms with Crippen LogP contribution in [0.1, 0.15) is 35.1 Å². The molecule has 3 fully saturated rings. The lowest BCUT2D eigenvalue weighted by Crippen LogP contribution is -2.44.